The minimum absolute atomic E-state index is 0.0518. The fourth-order valence-corrected chi connectivity index (χ4v) is 2.13. The minimum atomic E-state index is -0.0518. The van der Waals surface area contributed by atoms with Crippen LogP contribution in [-0.4, -0.2) is 21.5 Å². The Kier molecular flexibility index (Phi) is 4.63. The smallest absolute Gasteiger partial charge is 0.128 e. The van der Waals surface area contributed by atoms with Gasteiger partial charge in [0, 0.05) is 18.0 Å². The van der Waals surface area contributed by atoms with E-state index in [0.717, 1.165) is 35.6 Å². The van der Waals surface area contributed by atoms with Gasteiger partial charge in [0.05, 0.1) is 11.7 Å². The van der Waals surface area contributed by atoms with E-state index in [1.54, 1.807) is 12.4 Å². The van der Waals surface area contributed by atoms with Crippen molar-refractivity contribution in [3.05, 3.63) is 47.2 Å². The number of aromatic nitrogens is 3. The van der Waals surface area contributed by atoms with Crippen LogP contribution < -0.4 is 11.1 Å². The highest BCUT2D eigenvalue weighted by molar-refractivity contribution is 5.46. The molecule has 2 aromatic rings. The van der Waals surface area contributed by atoms with Gasteiger partial charge in [0.25, 0.3) is 0 Å². The summed E-state index contributed by atoms with van der Waals surface area (Å²) < 4.78 is 0. The van der Waals surface area contributed by atoms with Crippen LogP contribution in [0.5, 0.6) is 0 Å². The Bertz CT molecular complexity index is 582. The maximum Gasteiger partial charge on any atom is 0.128 e. The third-order valence-corrected chi connectivity index (χ3v) is 3.09. The standard InChI is InChI=1S/C15H21N5/c1-4-6-18-14(13-5-7-17-11(3)20-13)12-8-10(2)9-19-15(12)16/h5,7-9,14,18H,4,6H2,1-3H3,(H2,16,19). The lowest BCUT2D eigenvalue weighted by molar-refractivity contribution is 0.583. The molecule has 0 aliphatic rings. The highest BCUT2D eigenvalue weighted by Crippen LogP contribution is 2.25. The highest BCUT2D eigenvalue weighted by Gasteiger charge is 2.18. The van der Waals surface area contributed by atoms with Crippen LogP contribution in [0.25, 0.3) is 0 Å². The van der Waals surface area contributed by atoms with Crippen molar-refractivity contribution in [2.45, 2.75) is 33.2 Å². The highest BCUT2D eigenvalue weighted by atomic mass is 15.0. The molecule has 1 unspecified atom stereocenters. The van der Waals surface area contributed by atoms with Crippen molar-refractivity contribution in [2.24, 2.45) is 0 Å². The molecule has 5 heteroatoms. The van der Waals surface area contributed by atoms with Gasteiger partial charge in [-0.1, -0.05) is 6.92 Å². The number of hydrogen-bond donors (Lipinski definition) is 2. The predicted octanol–water partition coefficient (Wildman–Crippen LogP) is 2.16. The Morgan fingerprint density at radius 1 is 1.30 bits per heavy atom. The van der Waals surface area contributed by atoms with Crippen LogP contribution in [0, 0.1) is 13.8 Å². The predicted molar refractivity (Wildman–Crippen MR) is 80.3 cm³/mol. The summed E-state index contributed by atoms with van der Waals surface area (Å²) in [5.74, 6) is 1.30. The molecule has 20 heavy (non-hydrogen) atoms. The second-order valence-electron chi connectivity index (χ2n) is 4.90. The largest absolute Gasteiger partial charge is 0.383 e. The third-order valence-electron chi connectivity index (χ3n) is 3.09. The summed E-state index contributed by atoms with van der Waals surface area (Å²) in [6.45, 7) is 6.92. The molecule has 106 valence electrons. The van der Waals surface area contributed by atoms with Crippen LogP contribution >= 0.6 is 0 Å². The number of aryl methyl sites for hydroxylation is 2. The maximum atomic E-state index is 6.04. The summed E-state index contributed by atoms with van der Waals surface area (Å²) in [5.41, 5.74) is 9.02. The Hall–Kier alpha value is -2.01. The van der Waals surface area contributed by atoms with Crippen molar-refractivity contribution >= 4 is 5.82 Å². The molecule has 3 N–H and O–H groups in total. The molecule has 0 aliphatic heterocycles. The Morgan fingerprint density at radius 3 is 2.80 bits per heavy atom. The van der Waals surface area contributed by atoms with Gasteiger partial charge < -0.3 is 11.1 Å². The van der Waals surface area contributed by atoms with E-state index in [0.29, 0.717) is 5.82 Å². The summed E-state index contributed by atoms with van der Waals surface area (Å²) in [5, 5.41) is 3.49. The lowest BCUT2D eigenvalue weighted by Gasteiger charge is -2.20. The summed E-state index contributed by atoms with van der Waals surface area (Å²) >= 11 is 0. The van der Waals surface area contributed by atoms with Gasteiger partial charge in [-0.15, -0.1) is 0 Å². The molecular formula is C15H21N5. The summed E-state index contributed by atoms with van der Waals surface area (Å²) in [6, 6.07) is 3.93. The van der Waals surface area contributed by atoms with Crippen molar-refractivity contribution in [1.82, 2.24) is 20.3 Å². The first-order valence-electron chi connectivity index (χ1n) is 6.86. The van der Waals surface area contributed by atoms with E-state index in [1.165, 1.54) is 0 Å². The molecule has 5 nitrogen and oxygen atoms in total. The van der Waals surface area contributed by atoms with E-state index in [1.807, 2.05) is 19.9 Å². The van der Waals surface area contributed by atoms with Gasteiger partial charge in [-0.3, -0.25) is 0 Å². The zero-order valence-corrected chi connectivity index (χ0v) is 12.2. The fourth-order valence-electron chi connectivity index (χ4n) is 2.13. The Labute approximate surface area is 119 Å². The Balaban J connectivity index is 2.44. The lowest BCUT2D eigenvalue weighted by atomic mass is 10.0. The van der Waals surface area contributed by atoms with Gasteiger partial charge in [-0.25, -0.2) is 15.0 Å². The Morgan fingerprint density at radius 2 is 2.10 bits per heavy atom. The molecule has 0 saturated heterocycles. The van der Waals surface area contributed by atoms with Gasteiger partial charge in [0.1, 0.15) is 11.6 Å². The van der Waals surface area contributed by atoms with E-state index in [-0.39, 0.29) is 6.04 Å². The topological polar surface area (TPSA) is 76.7 Å². The van der Waals surface area contributed by atoms with E-state index in [9.17, 15) is 0 Å². The molecule has 0 bridgehead atoms. The zero-order valence-electron chi connectivity index (χ0n) is 12.2. The molecule has 0 aliphatic carbocycles. The van der Waals surface area contributed by atoms with Crippen LogP contribution in [0.3, 0.4) is 0 Å². The van der Waals surface area contributed by atoms with Crippen molar-refractivity contribution in [1.29, 1.82) is 0 Å². The first-order chi connectivity index (χ1) is 9.61. The molecule has 0 amide bonds. The second kappa shape index (κ2) is 6.43. The average molecular weight is 271 g/mol. The summed E-state index contributed by atoms with van der Waals surface area (Å²) in [7, 11) is 0. The van der Waals surface area contributed by atoms with E-state index in [2.05, 4.69) is 33.3 Å². The first kappa shape index (κ1) is 14.4. The molecule has 0 aromatic carbocycles. The number of nitrogens with zero attached hydrogens (tertiary/aromatic N) is 3. The molecule has 2 aromatic heterocycles. The number of nitrogens with two attached hydrogens (primary N) is 1. The maximum absolute atomic E-state index is 6.04. The number of hydrogen-bond acceptors (Lipinski definition) is 5. The van der Waals surface area contributed by atoms with Gasteiger partial charge in [0.2, 0.25) is 0 Å². The minimum Gasteiger partial charge on any atom is -0.383 e. The van der Waals surface area contributed by atoms with E-state index < -0.39 is 0 Å². The normalized spacial score (nSPS) is 12.3. The number of nitrogen functional groups attached to an aromatic ring is 1. The SMILES string of the molecule is CCCNC(c1ccnc(C)n1)c1cc(C)cnc1N. The van der Waals surface area contributed by atoms with E-state index in [4.69, 9.17) is 5.73 Å². The van der Waals surface area contributed by atoms with Crippen LogP contribution in [0.1, 0.15) is 42.0 Å². The van der Waals surface area contributed by atoms with Gasteiger partial charge in [-0.2, -0.15) is 0 Å². The van der Waals surface area contributed by atoms with E-state index >= 15 is 0 Å². The molecule has 2 rings (SSSR count). The van der Waals surface area contributed by atoms with Crippen LogP contribution in [0.2, 0.25) is 0 Å². The molecular weight excluding hydrogens is 250 g/mol. The summed E-state index contributed by atoms with van der Waals surface area (Å²) in [4.78, 5) is 12.9. The first-order valence-corrected chi connectivity index (χ1v) is 6.86. The lowest BCUT2D eigenvalue weighted by Crippen LogP contribution is -2.25. The van der Waals surface area contributed by atoms with Gasteiger partial charge in [0.15, 0.2) is 0 Å². The number of pyridine rings is 1. The van der Waals surface area contributed by atoms with Gasteiger partial charge >= 0.3 is 0 Å². The molecule has 0 radical (unpaired) electrons. The molecule has 0 fully saturated rings. The summed E-state index contributed by atoms with van der Waals surface area (Å²) in [6.07, 6.45) is 4.60. The van der Waals surface area contributed by atoms with Crippen LogP contribution in [0.4, 0.5) is 5.82 Å². The van der Waals surface area contributed by atoms with Crippen molar-refractivity contribution in [2.75, 3.05) is 12.3 Å². The van der Waals surface area contributed by atoms with Crippen LogP contribution in [0.15, 0.2) is 24.5 Å². The van der Waals surface area contributed by atoms with Crippen molar-refractivity contribution in [3.8, 4) is 0 Å². The number of rotatable bonds is 5. The average Bonchev–Trinajstić information content (AvgIpc) is 2.43. The quantitative estimate of drug-likeness (QED) is 0.871. The zero-order chi connectivity index (χ0) is 14.5. The monoisotopic (exact) mass is 271 g/mol. The third kappa shape index (κ3) is 3.30. The molecule has 2 heterocycles. The fraction of sp³-hybridized carbons (Fsp3) is 0.400. The molecule has 0 saturated carbocycles. The second-order valence-corrected chi connectivity index (χ2v) is 4.90. The molecule has 0 spiro atoms. The molecule has 1 atom stereocenters. The van der Waals surface area contributed by atoms with Gasteiger partial charge in [-0.05, 0) is 44.5 Å². The number of anilines is 1. The van der Waals surface area contributed by atoms with Crippen molar-refractivity contribution < 1.29 is 0 Å². The number of nitrogens with one attached hydrogen (secondary N) is 1. The van der Waals surface area contributed by atoms with Crippen molar-refractivity contribution in [3.63, 3.8) is 0 Å². The van der Waals surface area contributed by atoms with Crippen LogP contribution in [-0.2, 0) is 0 Å².